The SMILES string of the molecule is CC(N)C(C)N.NC(=O)CCC(NCc1ccccc1)C(=O)O. The van der Waals surface area contributed by atoms with Gasteiger partial charge in [-0.1, -0.05) is 30.3 Å². The van der Waals surface area contributed by atoms with E-state index in [4.69, 9.17) is 22.3 Å². The first-order valence-corrected chi connectivity index (χ1v) is 7.53. The van der Waals surface area contributed by atoms with Crippen molar-refractivity contribution in [3.63, 3.8) is 0 Å². The maximum Gasteiger partial charge on any atom is 0.320 e. The van der Waals surface area contributed by atoms with Crippen LogP contribution in [0.4, 0.5) is 0 Å². The molecule has 23 heavy (non-hydrogen) atoms. The largest absolute Gasteiger partial charge is 0.480 e. The number of benzene rings is 1. The second kappa shape index (κ2) is 11.6. The number of nitrogens with one attached hydrogen (secondary N) is 1. The molecule has 130 valence electrons. The Balaban J connectivity index is 0.000000688. The molecule has 1 rings (SSSR count). The number of carbonyl (C=O) groups is 2. The van der Waals surface area contributed by atoms with Crippen LogP contribution < -0.4 is 22.5 Å². The Morgan fingerprint density at radius 2 is 1.65 bits per heavy atom. The highest BCUT2D eigenvalue weighted by Crippen LogP contribution is 2.02. The van der Waals surface area contributed by atoms with Gasteiger partial charge in [-0.15, -0.1) is 0 Å². The van der Waals surface area contributed by atoms with E-state index >= 15 is 0 Å². The van der Waals surface area contributed by atoms with Crippen molar-refractivity contribution in [2.24, 2.45) is 17.2 Å². The predicted octanol–water partition coefficient (Wildman–Crippen LogP) is 0.176. The first kappa shape index (κ1) is 21.0. The number of nitrogens with two attached hydrogens (primary N) is 3. The molecule has 7 heteroatoms. The number of carbonyl (C=O) groups excluding carboxylic acids is 1. The van der Waals surface area contributed by atoms with Crippen molar-refractivity contribution in [3.05, 3.63) is 35.9 Å². The monoisotopic (exact) mass is 324 g/mol. The molecule has 3 atom stereocenters. The zero-order valence-electron chi connectivity index (χ0n) is 13.7. The number of hydrogen-bond acceptors (Lipinski definition) is 5. The van der Waals surface area contributed by atoms with Crippen molar-refractivity contribution in [1.82, 2.24) is 5.32 Å². The lowest BCUT2D eigenvalue weighted by atomic mass is 10.1. The van der Waals surface area contributed by atoms with Gasteiger partial charge in [-0.25, -0.2) is 0 Å². The Morgan fingerprint density at radius 3 is 2.04 bits per heavy atom. The van der Waals surface area contributed by atoms with Crippen molar-refractivity contribution >= 4 is 11.9 Å². The van der Waals surface area contributed by atoms with Gasteiger partial charge in [0.25, 0.3) is 0 Å². The molecule has 0 radical (unpaired) electrons. The molecule has 0 aromatic heterocycles. The standard InChI is InChI=1S/C12H16N2O3.C4H12N2/c13-11(15)7-6-10(12(16)17)14-8-9-4-2-1-3-5-9;1-3(5)4(2)6/h1-5,10,14H,6-8H2,(H2,13,15)(H,16,17);3-4H,5-6H2,1-2H3. The summed E-state index contributed by atoms with van der Waals surface area (Å²) in [6, 6.07) is 8.98. The molecule has 3 unspecified atom stereocenters. The van der Waals surface area contributed by atoms with Crippen LogP contribution in [0.5, 0.6) is 0 Å². The fourth-order valence-corrected chi connectivity index (χ4v) is 1.44. The molecule has 1 amide bonds. The number of amides is 1. The van der Waals surface area contributed by atoms with Crippen molar-refractivity contribution in [3.8, 4) is 0 Å². The van der Waals surface area contributed by atoms with E-state index in [1.165, 1.54) is 0 Å². The zero-order chi connectivity index (χ0) is 17.8. The van der Waals surface area contributed by atoms with E-state index in [0.29, 0.717) is 6.54 Å². The Hall–Kier alpha value is -1.96. The first-order valence-electron chi connectivity index (χ1n) is 7.53. The third-order valence-electron chi connectivity index (χ3n) is 3.20. The number of carboxylic acid groups (broad SMARTS) is 1. The van der Waals surface area contributed by atoms with E-state index in [1.807, 2.05) is 44.2 Å². The summed E-state index contributed by atoms with van der Waals surface area (Å²) in [6.07, 6.45) is 0.274. The van der Waals surface area contributed by atoms with Gasteiger partial charge in [0.2, 0.25) is 5.91 Å². The second-order valence-corrected chi connectivity index (χ2v) is 5.48. The van der Waals surface area contributed by atoms with Crippen molar-refractivity contribution in [1.29, 1.82) is 0 Å². The minimum Gasteiger partial charge on any atom is -0.480 e. The number of carboxylic acids is 1. The molecule has 0 saturated heterocycles. The number of rotatable bonds is 8. The van der Waals surface area contributed by atoms with E-state index < -0.39 is 17.9 Å². The van der Waals surface area contributed by atoms with Gasteiger partial charge in [0.1, 0.15) is 6.04 Å². The minimum atomic E-state index is -0.970. The van der Waals surface area contributed by atoms with Crippen LogP contribution in [0.1, 0.15) is 32.3 Å². The summed E-state index contributed by atoms with van der Waals surface area (Å²) in [5, 5.41) is 11.8. The minimum absolute atomic E-state index is 0.0682. The van der Waals surface area contributed by atoms with E-state index in [1.54, 1.807) is 0 Å². The summed E-state index contributed by atoms with van der Waals surface area (Å²) in [5.41, 5.74) is 16.6. The average Bonchev–Trinajstić information content (AvgIpc) is 2.48. The Bertz CT molecular complexity index is 458. The van der Waals surface area contributed by atoms with Crippen LogP contribution in [0, 0.1) is 0 Å². The van der Waals surface area contributed by atoms with Crippen molar-refractivity contribution in [2.45, 2.75) is 51.4 Å². The molecular weight excluding hydrogens is 296 g/mol. The van der Waals surface area contributed by atoms with Gasteiger partial charge in [0.05, 0.1) is 0 Å². The van der Waals surface area contributed by atoms with Gasteiger partial charge in [-0.05, 0) is 25.8 Å². The molecule has 0 aliphatic rings. The van der Waals surface area contributed by atoms with Crippen LogP contribution in [-0.4, -0.2) is 35.1 Å². The molecule has 0 spiro atoms. The highest BCUT2D eigenvalue weighted by atomic mass is 16.4. The summed E-state index contributed by atoms with van der Waals surface area (Å²) < 4.78 is 0. The summed E-state index contributed by atoms with van der Waals surface area (Å²) in [7, 11) is 0. The van der Waals surface area contributed by atoms with E-state index in [-0.39, 0.29) is 24.9 Å². The Labute approximate surface area is 137 Å². The lowest BCUT2D eigenvalue weighted by molar-refractivity contribution is -0.139. The summed E-state index contributed by atoms with van der Waals surface area (Å²) in [6.45, 7) is 4.24. The van der Waals surface area contributed by atoms with Crippen LogP contribution in [0.15, 0.2) is 30.3 Å². The quantitative estimate of drug-likeness (QED) is 0.461. The molecule has 7 nitrogen and oxygen atoms in total. The summed E-state index contributed by atoms with van der Waals surface area (Å²) >= 11 is 0. The number of aliphatic carboxylic acids is 1. The molecule has 0 heterocycles. The average molecular weight is 324 g/mol. The van der Waals surface area contributed by atoms with Crippen molar-refractivity contribution in [2.75, 3.05) is 0 Å². The fourth-order valence-electron chi connectivity index (χ4n) is 1.44. The predicted molar refractivity (Wildman–Crippen MR) is 90.4 cm³/mol. The first-order chi connectivity index (χ1) is 10.7. The molecular formula is C16H28N4O3. The molecule has 0 bridgehead atoms. The molecule has 1 aromatic rings. The highest BCUT2D eigenvalue weighted by molar-refractivity contribution is 5.77. The topological polar surface area (TPSA) is 144 Å². The highest BCUT2D eigenvalue weighted by Gasteiger charge is 2.17. The normalized spacial score (nSPS) is 14.1. The van der Waals surface area contributed by atoms with Crippen LogP contribution in [-0.2, 0) is 16.1 Å². The number of primary amides is 1. The third-order valence-corrected chi connectivity index (χ3v) is 3.20. The van der Waals surface area contributed by atoms with Gasteiger partial charge in [0.15, 0.2) is 0 Å². The molecule has 8 N–H and O–H groups in total. The molecule has 0 aliphatic heterocycles. The smallest absolute Gasteiger partial charge is 0.320 e. The van der Waals surface area contributed by atoms with Crippen LogP contribution >= 0.6 is 0 Å². The van der Waals surface area contributed by atoms with Gasteiger partial charge in [-0.3, -0.25) is 9.59 Å². The van der Waals surface area contributed by atoms with Crippen LogP contribution in [0.2, 0.25) is 0 Å². The maximum atomic E-state index is 10.9. The summed E-state index contributed by atoms with van der Waals surface area (Å²) in [4.78, 5) is 21.5. The summed E-state index contributed by atoms with van der Waals surface area (Å²) in [5.74, 6) is -1.46. The van der Waals surface area contributed by atoms with Gasteiger partial charge in [-0.2, -0.15) is 0 Å². The van der Waals surface area contributed by atoms with Gasteiger partial charge in [0, 0.05) is 25.0 Å². The van der Waals surface area contributed by atoms with Gasteiger partial charge < -0.3 is 27.6 Å². The Morgan fingerprint density at radius 1 is 1.13 bits per heavy atom. The van der Waals surface area contributed by atoms with Crippen LogP contribution in [0.25, 0.3) is 0 Å². The number of hydrogen-bond donors (Lipinski definition) is 5. The lowest BCUT2D eigenvalue weighted by Crippen LogP contribution is -2.37. The lowest BCUT2D eigenvalue weighted by Gasteiger charge is -2.13. The molecule has 1 aromatic carbocycles. The molecule has 0 saturated carbocycles. The van der Waals surface area contributed by atoms with Gasteiger partial charge >= 0.3 is 5.97 Å². The Kier molecular flexibility index (Phi) is 10.6. The third kappa shape index (κ3) is 11.3. The van der Waals surface area contributed by atoms with Crippen LogP contribution in [0.3, 0.4) is 0 Å². The maximum absolute atomic E-state index is 10.9. The van der Waals surface area contributed by atoms with Crippen molar-refractivity contribution < 1.29 is 14.7 Å². The fraction of sp³-hybridized carbons (Fsp3) is 0.500. The molecule has 0 aliphatic carbocycles. The van der Waals surface area contributed by atoms with E-state index in [2.05, 4.69) is 5.32 Å². The molecule has 0 fully saturated rings. The van der Waals surface area contributed by atoms with E-state index in [0.717, 1.165) is 5.56 Å². The zero-order valence-corrected chi connectivity index (χ0v) is 13.7. The second-order valence-electron chi connectivity index (χ2n) is 5.48. The van der Waals surface area contributed by atoms with E-state index in [9.17, 15) is 9.59 Å².